The molecule has 0 saturated heterocycles. The second kappa shape index (κ2) is 5.14. The second-order valence-electron chi connectivity index (χ2n) is 2.52. The van der Waals surface area contributed by atoms with Crippen molar-refractivity contribution < 1.29 is 9.63 Å². The van der Waals surface area contributed by atoms with E-state index >= 15 is 0 Å². The number of rotatable bonds is 4. The van der Waals surface area contributed by atoms with Crippen LogP contribution in [0.15, 0.2) is 36.4 Å². The zero-order chi connectivity index (χ0) is 9.52. The summed E-state index contributed by atoms with van der Waals surface area (Å²) < 4.78 is 0. The molecule has 0 aliphatic heterocycles. The minimum Gasteiger partial charge on any atom is -0.244 e. The fourth-order valence-corrected chi connectivity index (χ4v) is 0.759. The zero-order valence-corrected chi connectivity index (χ0v) is 7.31. The van der Waals surface area contributed by atoms with Crippen molar-refractivity contribution in [2.24, 2.45) is 0 Å². The summed E-state index contributed by atoms with van der Waals surface area (Å²) in [5, 5.41) is 0. The van der Waals surface area contributed by atoms with Crippen LogP contribution in [0.3, 0.4) is 0 Å². The van der Waals surface area contributed by atoms with Crippen molar-refractivity contribution in [1.29, 1.82) is 0 Å². The van der Waals surface area contributed by atoms with Crippen LogP contribution >= 0.6 is 0 Å². The minimum atomic E-state index is -0.335. The van der Waals surface area contributed by atoms with Gasteiger partial charge in [0.15, 0.2) is 0 Å². The number of benzene rings is 1. The molecule has 0 N–H and O–H groups in total. The molecular weight excluding hydrogens is 166 g/mol. The summed E-state index contributed by atoms with van der Waals surface area (Å²) in [6.45, 7) is 1.72. The number of carbonyl (C=O) groups excluding carboxylic acids is 1. The van der Waals surface area contributed by atoms with E-state index in [0.717, 1.165) is 5.69 Å². The average Bonchev–Trinajstić information content (AvgIpc) is 2.17. The van der Waals surface area contributed by atoms with Crippen LogP contribution in [0.1, 0.15) is 6.92 Å². The highest BCUT2D eigenvalue weighted by Gasteiger charge is 1.98. The van der Waals surface area contributed by atoms with Crippen LogP contribution in [-0.2, 0) is 9.63 Å². The van der Waals surface area contributed by atoms with Crippen LogP contribution in [0.2, 0.25) is 0 Å². The molecule has 0 aromatic heterocycles. The van der Waals surface area contributed by atoms with Crippen LogP contribution < -0.4 is 5.48 Å². The number of nitrogens with zero attached hydrogens (tertiary/aromatic N) is 1. The van der Waals surface area contributed by atoms with Crippen molar-refractivity contribution in [3.05, 3.63) is 36.4 Å². The number of hydrogen-bond acceptors (Lipinski definition) is 2. The lowest BCUT2D eigenvalue weighted by atomic mass is 10.3. The fourth-order valence-electron chi connectivity index (χ4n) is 0.759. The molecule has 0 aliphatic rings. The molecule has 0 heterocycles. The summed E-state index contributed by atoms with van der Waals surface area (Å²) in [5.74, 6) is 1.64. The quantitative estimate of drug-likeness (QED) is 0.516. The molecule has 67 valence electrons. The Morgan fingerprint density at radius 1 is 1.46 bits per heavy atom. The van der Waals surface area contributed by atoms with Crippen LogP contribution in [-0.4, -0.2) is 12.0 Å². The lowest BCUT2D eigenvalue weighted by Gasteiger charge is -2.04. The van der Waals surface area contributed by atoms with Crippen molar-refractivity contribution >= 4 is 11.6 Å². The van der Waals surface area contributed by atoms with Gasteiger partial charge in [-0.25, -0.2) is 9.63 Å². The van der Waals surface area contributed by atoms with Crippen LogP contribution in [0.4, 0.5) is 5.69 Å². The Morgan fingerprint density at radius 2 is 2.15 bits per heavy atom. The molecule has 1 atom stereocenters. The van der Waals surface area contributed by atoms with E-state index in [-0.39, 0.29) is 6.10 Å². The van der Waals surface area contributed by atoms with Gasteiger partial charge in [0.05, 0.1) is 5.69 Å². The molecule has 0 aliphatic carbocycles. The maximum Gasteiger partial charge on any atom is 0.122 e. The third-order valence-corrected chi connectivity index (χ3v) is 1.38. The standard InChI is InChI=1S/C10H10NO2/c1-9(7-8-12)13-11-10-5-3-2-4-6-10/h2-7,9H,1H3. The van der Waals surface area contributed by atoms with Gasteiger partial charge in [-0.2, -0.15) is 0 Å². The summed E-state index contributed by atoms with van der Waals surface area (Å²) >= 11 is 0. The van der Waals surface area contributed by atoms with E-state index in [1.807, 2.05) is 30.3 Å². The lowest BCUT2D eigenvalue weighted by molar-refractivity contribution is 0.0352. The van der Waals surface area contributed by atoms with Gasteiger partial charge in [0.25, 0.3) is 0 Å². The van der Waals surface area contributed by atoms with E-state index in [0.29, 0.717) is 0 Å². The van der Waals surface area contributed by atoms with E-state index in [1.165, 1.54) is 6.08 Å². The average molecular weight is 176 g/mol. The van der Waals surface area contributed by atoms with E-state index in [9.17, 15) is 4.79 Å². The van der Waals surface area contributed by atoms with E-state index in [2.05, 4.69) is 5.48 Å². The normalized spacial score (nSPS) is 11.5. The third kappa shape index (κ3) is 3.56. The summed E-state index contributed by atoms with van der Waals surface area (Å²) in [7, 11) is 0. The van der Waals surface area contributed by atoms with Crippen molar-refractivity contribution in [3.63, 3.8) is 0 Å². The zero-order valence-electron chi connectivity index (χ0n) is 7.31. The summed E-state index contributed by atoms with van der Waals surface area (Å²) in [4.78, 5) is 14.9. The minimum absolute atomic E-state index is 0.335. The van der Waals surface area contributed by atoms with Crippen molar-refractivity contribution in [2.75, 3.05) is 0 Å². The smallest absolute Gasteiger partial charge is 0.122 e. The van der Waals surface area contributed by atoms with Crippen LogP contribution in [0, 0.1) is 0 Å². The summed E-state index contributed by atoms with van der Waals surface area (Å²) in [6.07, 6.45) is 0.935. The second-order valence-corrected chi connectivity index (χ2v) is 2.52. The number of hydrogen-bond donors (Lipinski definition) is 0. The topological polar surface area (TPSA) is 40.4 Å². The lowest BCUT2D eigenvalue weighted by Crippen LogP contribution is -2.09. The highest BCUT2D eigenvalue weighted by Crippen LogP contribution is 2.06. The van der Waals surface area contributed by atoms with Crippen molar-refractivity contribution in [3.8, 4) is 0 Å². The van der Waals surface area contributed by atoms with Gasteiger partial charge in [-0.3, -0.25) is 0 Å². The summed E-state index contributed by atoms with van der Waals surface area (Å²) in [6, 6.07) is 9.26. The largest absolute Gasteiger partial charge is 0.244 e. The van der Waals surface area contributed by atoms with Gasteiger partial charge in [0.2, 0.25) is 0 Å². The Labute approximate surface area is 77.0 Å². The molecule has 1 rings (SSSR count). The van der Waals surface area contributed by atoms with Crippen molar-refractivity contribution in [2.45, 2.75) is 13.0 Å². The van der Waals surface area contributed by atoms with E-state index in [4.69, 9.17) is 4.84 Å². The van der Waals surface area contributed by atoms with Crippen molar-refractivity contribution in [1.82, 2.24) is 5.48 Å². The fraction of sp³-hybridized carbons (Fsp3) is 0.200. The van der Waals surface area contributed by atoms with Gasteiger partial charge in [-0.1, -0.05) is 18.2 Å². The third-order valence-electron chi connectivity index (χ3n) is 1.38. The highest BCUT2D eigenvalue weighted by atomic mass is 16.7. The van der Waals surface area contributed by atoms with E-state index in [1.54, 1.807) is 12.9 Å². The molecular formula is C10H10NO2. The van der Waals surface area contributed by atoms with Gasteiger partial charge in [0.1, 0.15) is 12.0 Å². The first-order valence-corrected chi connectivity index (χ1v) is 3.96. The molecule has 0 bridgehead atoms. The molecule has 1 radical (unpaired) electrons. The molecule has 0 spiro atoms. The molecule has 1 unspecified atom stereocenters. The SMILES string of the molecule is CC(C=C=O)O[N]c1ccccc1. The Hall–Kier alpha value is -1.57. The van der Waals surface area contributed by atoms with Gasteiger partial charge in [0, 0.05) is 6.08 Å². The van der Waals surface area contributed by atoms with Gasteiger partial charge in [-0.05, 0) is 19.1 Å². The Morgan fingerprint density at radius 3 is 2.77 bits per heavy atom. The Bertz CT molecular complexity index is 291. The van der Waals surface area contributed by atoms with E-state index < -0.39 is 0 Å². The first-order valence-electron chi connectivity index (χ1n) is 3.96. The molecule has 3 heteroatoms. The predicted molar refractivity (Wildman–Crippen MR) is 49.0 cm³/mol. The molecule has 1 aromatic carbocycles. The molecule has 0 saturated carbocycles. The Kier molecular flexibility index (Phi) is 3.76. The van der Waals surface area contributed by atoms with Crippen LogP contribution in [0.25, 0.3) is 0 Å². The maximum absolute atomic E-state index is 9.92. The first kappa shape index (κ1) is 9.52. The predicted octanol–water partition coefficient (Wildman–Crippen LogP) is 1.63. The summed E-state index contributed by atoms with van der Waals surface area (Å²) in [5.41, 5.74) is 4.54. The Balaban J connectivity index is 2.39. The molecule has 3 nitrogen and oxygen atoms in total. The van der Waals surface area contributed by atoms with Gasteiger partial charge >= 0.3 is 0 Å². The highest BCUT2D eigenvalue weighted by molar-refractivity contribution is 5.45. The molecule has 0 amide bonds. The monoisotopic (exact) mass is 176 g/mol. The molecule has 0 fully saturated rings. The molecule has 13 heavy (non-hydrogen) atoms. The molecule has 1 aromatic rings. The maximum atomic E-state index is 9.92. The van der Waals surface area contributed by atoms with Gasteiger partial charge < -0.3 is 0 Å². The van der Waals surface area contributed by atoms with Gasteiger partial charge in [-0.15, -0.1) is 5.48 Å². The van der Waals surface area contributed by atoms with Crippen LogP contribution in [0.5, 0.6) is 0 Å². The first-order chi connectivity index (χ1) is 6.33.